The van der Waals surface area contributed by atoms with Crippen molar-refractivity contribution in [2.24, 2.45) is 17.4 Å². The highest BCUT2D eigenvalue weighted by atomic mass is 16.4. The molecule has 9 N–H and O–H groups in total. The zero-order valence-electron chi connectivity index (χ0n) is 17.7. The molecule has 0 radical (unpaired) electrons. The van der Waals surface area contributed by atoms with Crippen LogP contribution in [0.2, 0.25) is 0 Å². The summed E-state index contributed by atoms with van der Waals surface area (Å²) >= 11 is 0. The molecule has 4 atom stereocenters. The lowest BCUT2D eigenvalue weighted by Crippen LogP contribution is -2.57. The molecule has 4 unspecified atom stereocenters. The van der Waals surface area contributed by atoms with Gasteiger partial charge in [0.2, 0.25) is 23.6 Å². The van der Waals surface area contributed by atoms with E-state index in [0.717, 1.165) is 0 Å². The molecule has 0 saturated carbocycles. The Morgan fingerprint density at radius 3 is 1.71 bits per heavy atom. The summed E-state index contributed by atoms with van der Waals surface area (Å²) in [7, 11) is 0. The van der Waals surface area contributed by atoms with Crippen LogP contribution in [0.15, 0.2) is 0 Å². The average Bonchev–Trinajstić information content (AvgIpc) is 2.62. The summed E-state index contributed by atoms with van der Waals surface area (Å²) in [6, 6.07) is -5.14. The first kappa shape index (κ1) is 27.8. The fourth-order valence-electron chi connectivity index (χ4n) is 2.49. The molecule has 0 aliphatic carbocycles. The van der Waals surface area contributed by atoms with Crippen LogP contribution < -0.4 is 27.4 Å². The van der Waals surface area contributed by atoms with Gasteiger partial charge < -0.3 is 37.6 Å². The lowest BCUT2D eigenvalue weighted by atomic mass is 10.0. The van der Waals surface area contributed by atoms with Crippen LogP contribution in [0.5, 0.6) is 0 Å². The molecule has 13 heteroatoms. The van der Waals surface area contributed by atoms with Crippen LogP contribution in [-0.4, -0.2) is 69.9 Å². The quantitative estimate of drug-likeness (QED) is 0.151. The van der Waals surface area contributed by atoms with Crippen LogP contribution in [-0.2, 0) is 28.8 Å². The first-order valence-electron chi connectivity index (χ1n) is 9.64. The Hall–Kier alpha value is -3.22. The predicted molar refractivity (Wildman–Crippen MR) is 107 cm³/mol. The van der Waals surface area contributed by atoms with Gasteiger partial charge in [0.05, 0.1) is 12.5 Å². The number of nitrogens with two attached hydrogens (primary N) is 2. The van der Waals surface area contributed by atoms with E-state index in [-0.39, 0.29) is 18.8 Å². The maximum Gasteiger partial charge on any atom is 0.326 e. The Kier molecular flexibility index (Phi) is 11.8. The van der Waals surface area contributed by atoms with Gasteiger partial charge in [-0.25, -0.2) is 4.79 Å². The number of carbonyl (C=O) groups excluding carboxylic acids is 4. The number of nitrogens with one attached hydrogen (secondary N) is 3. The fraction of sp³-hybridized carbons (Fsp3) is 0.667. The maximum absolute atomic E-state index is 12.6. The van der Waals surface area contributed by atoms with Crippen molar-refractivity contribution >= 4 is 35.6 Å². The van der Waals surface area contributed by atoms with Gasteiger partial charge in [0.1, 0.15) is 18.1 Å². The molecule has 0 aliphatic heterocycles. The van der Waals surface area contributed by atoms with Gasteiger partial charge in [-0.2, -0.15) is 0 Å². The van der Waals surface area contributed by atoms with E-state index in [1.165, 1.54) is 6.92 Å². The highest BCUT2D eigenvalue weighted by molar-refractivity contribution is 5.96. The molecule has 13 nitrogen and oxygen atoms in total. The first-order valence-corrected chi connectivity index (χ1v) is 9.64. The lowest BCUT2D eigenvalue weighted by Gasteiger charge is -2.24. The summed E-state index contributed by atoms with van der Waals surface area (Å²) in [5, 5.41) is 24.9. The molecular formula is C18H31N5O8. The predicted octanol–water partition coefficient (Wildman–Crippen LogP) is -2.34. The first-order chi connectivity index (χ1) is 14.2. The average molecular weight is 445 g/mol. The van der Waals surface area contributed by atoms with Crippen molar-refractivity contribution in [3.05, 3.63) is 0 Å². The molecule has 0 aromatic rings. The van der Waals surface area contributed by atoms with Crippen molar-refractivity contribution in [3.63, 3.8) is 0 Å². The zero-order chi connectivity index (χ0) is 24.3. The number of rotatable bonds is 14. The van der Waals surface area contributed by atoms with Crippen LogP contribution >= 0.6 is 0 Å². The van der Waals surface area contributed by atoms with Crippen LogP contribution in [0.1, 0.15) is 46.5 Å². The largest absolute Gasteiger partial charge is 0.481 e. The smallest absolute Gasteiger partial charge is 0.326 e. The van der Waals surface area contributed by atoms with Gasteiger partial charge in [0.15, 0.2) is 0 Å². The maximum atomic E-state index is 12.6. The highest BCUT2D eigenvalue weighted by Gasteiger charge is 2.31. The van der Waals surface area contributed by atoms with E-state index in [1.807, 2.05) is 0 Å². The van der Waals surface area contributed by atoms with Gasteiger partial charge in [0.25, 0.3) is 0 Å². The van der Waals surface area contributed by atoms with E-state index in [2.05, 4.69) is 16.0 Å². The SMILES string of the molecule is CC(C)CC(NC(=O)C(CCC(=O)O)NC(=O)C(CC(N)=O)NC(=O)C(C)N)C(=O)O. The molecule has 0 rings (SSSR count). The number of primary amides is 1. The molecule has 31 heavy (non-hydrogen) atoms. The standard InChI is InChI=1S/C18H31N5O8/c1-8(2)6-12(18(30)31)23-16(28)10(4-5-14(25)26)21-17(29)11(7-13(20)24)22-15(27)9(3)19/h8-12H,4-7,19H2,1-3H3,(H2,20,24)(H,21,29)(H,22,27)(H,23,28)(H,25,26)(H,30,31). The van der Waals surface area contributed by atoms with E-state index >= 15 is 0 Å². The fourth-order valence-corrected chi connectivity index (χ4v) is 2.49. The molecule has 0 saturated heterocycles. The monoisotopic (exact) mass is 445 g/mol. The van der Waals surface area contributed by atoms with E-state index in [0.29, 0.717) is 0 Å². The Balaban J connectivity index is 5.52. The number of carboxylic acid groups (broad SMARTS) is 2. The summed E-state index contributed by atoms with van der Waals surface area (Å²) in [4.78, 5) is 70.5. The van der Waals surface area contributed by atoms with Crippen LogP contribution in [0.4, 0.5) is 0 Å². The third kappa shape index (κ3) is 11.5. The van der Waals surface area contributed by atoms with E-state index < -0.39 is 72.6 Å². The van der Waals surface area contributed by atoms with Crippen molar-refractivity contribution in [2.75, 3.05) is 0 Å². The number of hydrogen-bond acceptors (Lipinski definition) is 7. The second kappa shape index (κ2) is 13.2. The summed E-state index contributed by atoms with van der Waals surface area (Å²) in [5.41, 5.74) is 10.5. The summed E-state index contributed by atoms with van der Waals surface area (Å²) in [5.74, 6) is -6.17. The molecule has 0 aromatic carbocycles. The van der Waals surface area contributed by atoms with Crippen LogP contribution in [0.3, 0.4) is 0 Å². The highest BCUT2D eigenvalue weighted by Crippen LogP contribution is 2.07. The Morgan fingerprint density at radius 2 is 1.29 bits per heavy atom. The van der Waals surface area contributed by atoms with Gasteiger partial charge in [-0.1, -0.05) is 13.8 Å². The second-order valence-electron chi connectivity index (χ2n) is 7.54. The molecule has 176 valence electrons. The Bertz CT molecular complexity index is 694. The molecule has 0 spiro atoms. The lowest BCUT2D eigenvalue weighted by molar-refractivity contribution is -0.143. The number of aliphatic carboxylic acids is 2. The van der Waals surface area contributed by atoms with Crippen LogP contribution in [0, 0.1) is 5.92 Å². The summed E-state index contributed by atoms with van der Waals surface area (Å²) in [6.07, 6.45) is -1.35. The van der Waals surface area contributed by atoms with Gasteiger partial charge >= 0.3 is 11.9 Å². The topological polar surface area (TPSA) is 231 Å². The van der Waals surface area contributed by atoms with Crippen LogP contribution in [0.25, 0.3) is 0 Å². The second-order valence-corrected chi connectivity index (χ2v) is 7.54. The molecule has 4 amide bonds. The molecule has 0 fully saturated rings. The van der Waals surface area contributed by atoms with Gasteiger partial charge in [-0.05, 0) is 25.7 Å². The van der Waals surface area contributed by atoms with Crippen molar-refractivity contribution in [1.82, 2.24) is 16.0 Å². The van der Waals surface area contributed by atoms with Gasteiger partial charge in [-0.3, -0.25) is 24.0 Å². The number of carboxylic acids is 2. The van der Waals surface area contributed by atoms with E-state index in [1.54, 1.807) is 13.8 Å². The van der Waals surface area contributed by atoms with Crippen molar-refractivity contribution < 1.29 is 39.0 Å². The van der Waals surface area contributed by atoms with Crippen molar-refractivity contribution in [2.45, 2.75) is 70.6 Å². The summed E-state index contributed by atoms with van der Waals surface area (Å²) < 4.78 is 0. The Morgan fingerprint density at radius 1 is 0.806 bits per heavy atom. The summed E-state index contributed by atoms with van der Waals surface area (Å²) in [6.45, 7) is 4.85. The molecule has 0 bridgehead atoms. The van der Waals surface area contributed by atoms with Gasteiger partial charge in [-0.15, -0.1) is 0 Å². The normalized spacial score (nSPS) is 14.6. The van der Waals surface area contributed by atoms with E-state index in [9.17, 15) is 33.9 Å². The Labute approximate surface area is 179 Å². The van der Waals surface area contributed by atoms with E-state index in [4.69, 9.17) is 16.6 Å². The minimum atomic E-state index is -1.46. The number of hydrogen-bond donors (Lipinski definition) is 7. The third-order valence-corrected chi connectivity index (χ3v) is 4.05. The minimum Gasteiger partial charge on any atom is -0.481 e. The number of carbonyl (C=O) groups is 6. The molecular weight excluding hydrogens is 414 g/mol. The third-order valence-electron chi connectivity index (χ3n) is 4.05. The molecule has 0 aromatic heterocycles. The number of amides is 4. The van der Waals surface area contributed by atoms with Crippen molar-refractivity contribution in [1.29, 1.82) is 0 Å². The van der Waals surface area contributed by atoms with Crippen molar-refractivity contribution in [3.8, 4) is 0 Å². The van der Waals surface area contributed by atoms with Gasteiger partial charge in [0, 0.05) is 6.42 Å². The molecule has 0 heterocycles. The zero-order valence-corrected chi connectivity index (χ0v) is 17.7. The molecule has 0 aliphatic rings. The minimum absolute atomic E-state index is 0.0677.